The Morgan fingerprint density at radius 3 is 3.27 bits per heavy atom. The predicted octanol–water partition coefficient (Wildman–Crippen LogP) is 1.84. The van der Waals surface area contributed by atoms with E-state index in [9.17, 15) is 8.78 Å². The first-order valence-electron chi connectivity index (χ1n) is 5.10. The first kappa shape index (κ1) is 9.69. The van der Waals surface area contributed by atoms with E-state index in [2.05, 4.69) is 11.4 Å². The summed E-state index contributed by atoms with van der Waals surface area (Å²) in [6.45, 7) is 0.899. The largest absolute Gasteiger partial charge is 0.317 e. The van der Waals surface area contributed by atoms with E-state index in [4.69, 9.17) is 0 Å². The lowest BCUT2D eigenvalue weighted by Gasteiger charge is -2.44. The Bertz CT molecular complexity index is 377. The van der Waals surface area contributed by atoms with Gasteiger partial charge in [-0.25, -0.2) is 4.90 Å². The number of piperazine rings is 1. The number of halogens is 2. The van der Waals surface area contributed by atoms with Gasteiger partial charge < -0.3 is 5.32 Å². The summed E-state index contributed by atoms with van der Waals surface area (Å²) in [5.74, 6) is 0. The van der Waals surface area contributed by atoms with E-state index in [-0.39, 0.29) is 12.6 Å². The van der Waals surface area contributed by atoms with E-state index < -0.39 is 6.05 Å². The van der Waals surface area contributed by atoms with E-state index in [1.165, 1.54) is 10.5 Å². The highest BCUT2D eigenvalue weighted by Gasteiger charge is 2.47. The van der Waals surface area contributed by atoms with Gasteiger partial charge in [0.1, 0.15) is 0 Å². The number of thiophene rings is 1. The molecule has 2 aliphatic rings. The average molecular weight is 230 g/mol. The van der Waals surface area contributed by atoms with Gasteiger partial charge in [-0.15, -0.1) is 11.3 Å². The van der Waals surface area contributed by atoms with Crippen LogP contribution in [0.1, 0.15) is 16.5 Å². The standard InChI is InChI=1S/C10H12F2N2S/c11-10(12)6-13-5-8-9-7(2-4-15-9)1-3-14(8)10/h2,4,8,13H,1,3,5-6H2. The zero-order valence-corrected chi connectivity index (χ0v) is 8.99. The summed E-state index contributed by atoms with van der Waals surface area (Å²) >= 11 is 1.60. The van der Waals surface area contributed by atoms with Gasteiger partial charge in [-0.1, -0.05) is 0 Å². The lowest BCUT2D eigenvalue weighted by Crippen LogP contribution is -2.59. The summed E-state index contributed by atoms with van der Waals surface area (Å²) in [4.78, 5) is 2.47. The molecule has 2 nitrogen and oxygen atoms in total. The zero-order valence-electron chi connectivity index (χ0n) is 8.17. The van der Waals surface area contributed by atoms with Gasteiger partial charge in [0.2, 0.25) is 0 Å². The van der Waals surface area contributed by atoms with Crippen molar-refractivity contribution in [2.24, 2.45) is 0 Å². The number of hydrogen-bond acceptors (Lipinski definition) is 3. The second-order valence-electron chi connectivity index (χ2n) is 4.07. The summed E-state index contributed by atoms with van der Waals surface area (Å²) in [6, 6.07) is -0.758. The Morgan fingerprint density at radius 2 is 2.40 bits per heavy atom. The fraction of sp³-hybridized carbons (Fsp3) is 0.600. The molecule has 1 aromatic rings. The maximum Gasteiger partial charge on any atom is 0.317 e. The van der Waals surface area contributed by atoms with Gasteiger partial charge in [-0.3, -0.25) is 0 Å². The van der Waals surface area contributed by atoms with E-state index in [0.717, 1.165) is 11.3 Å². The van der Waals surface area contributed by atoms with Crippen molar-refractivity contribution >= 4 is 11.3 Å². The van der Waals surface area contributed by atoms with Crippen LogP contribution in [-0.2, 0) is 6.42 Å². The number of nitrogens with one attached hydrogen (secondary N) is 1. The van der Waals surface area contributed by atoms with Gasteiger partial charge in [0.15, 0.2) is 0 Å². The van der Waals surface area contributed by atoms with Gasteiger partial charge in [0, 0.05) is 18.0 Å². The molecule has 1 saturated heterocycles. The highest BCUT2D eigenvalue weighted by molar-refractivity contribution is 7.10. The first-order valence-corrected chi connectivity index (χ1v) is 5.98. The maximum atomic E-state index is 13.6. The Labute approximate surface area is 90.9 Å². The summed E-state index contributed by atoms with van der Waals surface area (Å²) in [5.41, 5.74) is 1.25. The normalized spacial score (nSPS) is 29.6. The first-order chi connectivity index (χ1) is 7.18. The molecule has 2 aliphatic heterocycles. The average Bonchev–Trinajstić information content (AvgIpc) is 2.65. The van der Waals surface area contributed by atoms with Gasteiger partial charge in [0.25, 0.3) is 0 Å². The van der Waals surface area contributed by atoms with E-state index >= 15 is 0 Å². The van der Waals surface area contributed by atoms with Crippen molar-refractivity contribution in [1.82, 2.24) is 10.2 Å². The van der Waals surface area contributed by atoms with Gasteiger partial charge in [-0.2, -0.15) is 8.78 Å². The molecule has 1 aromatic heterocycles. The summed E-state index contributed by atoms with van der Waals surface area (Å²) in [6.07, 6.45) is 0.755. The fourth-order valence-electron chi connectivity index (χ4n) is 2.44. The van der Waals surface area contributed by atoms with Crippen LogP contribution in [0.4, 0.5) is 8.78 Å². The third-order valence-corrected chi connectivity index (χ3v) is 4.24. The highest BCUT2D eigenvalue weighted by atomic mass is 32.1. The molecule has 0 amide bonds. The van der Waals surface area contributed by atoms with Crippen LogP contribution < -0.4 is 5.32 Å². The SMILES string of the molecule is FC1(F)CNCC2c3sccc3CCN21. The van der Waals surface area contributed by atoms with E-state index in [0.29, 0.717) is 13.1 Å². The molecule has 0 bridgehead atoms. The van der Waals surface area contributed by atoms with Crippen LogP contribution in [0.15, 0.2) is 11.4 Å². The third-order valence-electron chi connectivity index (χ3n) is 3.18. The van der Waals surface area contributed by atoms with Gasteiger partial charge in [-0.05, 0) is 23.4 Å². The van der Waals surface area contributed by atoms with Gasteiger partial charge in [0.05, 0.1) is 12.6 Å². The van der Waals surface area contributed by atoms with E-state index in [1.54, 1.807) is 11.3 Å². The van der Waals surface area contributed by atoms with Crippen molar-refractivity contribution in [2.45, 2.75) is 18.5 Å². The lowest BCUT2D eigenvalue weighted by molar-refractivity contribution is -0.180. The molecular formula is C10H12F2N2S. The molecule has 0 spiro atoms. The second kappa shape index (κ2) is 3.23. The topological polar surface area (TPSA) is 15.3 Å². The second-order valence-corrected chi connectivity index (χ2v) is 5.01. The molecule has 82 valence electrons. The molecule has 5 heteroatoms. The molecule has 0 aliphatic carbocycles. The van der Waals surface area contributed by atoms with Crippen molar-refractivity contribution in [1.29, 1.82) is 0 Å². The number of nitrogens with zero attached hydrogens (tertiary/aromatic N) is 1. The molecule has 1 atom stereocenters. The lowest BCUT2D eigenvalue weighted by atomic mass is 9.99. The third kappa shape index (κ3) is 1.41. The Kier molecular flexibility index (Phi) is 2.09. The van der Waals surface area contributed by atoms with Crippen molar-refractivity contribution in [2.75, 3.05) is 19.6 Å². The molecule has 3 heterocycles. The van der Waals surface area contributed by atoms with Crippen LogP contribution in [-0.4, -0.2) is 30.6 Å². The van der Waals surface area contributed by atoms with E-state index in [1.807, 2.05) is 5.38 Å². The quantitative estimate of drug-likeness (QED) is 0.684. The van der Waals surface area contributed by atoms with Crippen LogP contribution in [0.5, 0.6) is 0 Å². The summed E-state index contributed by atoms with van der Waals surface area (Å²) in [7, 11) is 0. The molecular weight excluding hydrogens is 218 g/mol. The van der Waals surface area contributed by atoms with Crippen LogP contribution in [0.2, 0.25) is 0 Å². The molecule has 0 aromatic carbocycles. The minimum Gasteiger partial charge on any atom is -0.308 e. The van der Waals surface area contributed by atoms with Crippen LogP contribution in [0.3, 0.4) is 0 Å². The Morgan fingerprint density at radius 1 is 1.53 bits per heavy atom. The zero-order chi connectivity index (χ0) is 10.5. The molecule has 0 saturated carbocycles. The van der Waals surface area contributed by atoms with Crippen LogP contribution >= 0.6 is 11.3 Å². The smallest absolute Gasteiger partial charge is 0.308 e. The molecule has 3 rings (SSSR count). The summed E-state index contributed by atoms with van der Waals surface area (Å²) in [5, 5.41) is 4.82. The fourth-order valence-corrected chi connectivity index (χ4v) is 3.51. The van der Waals surface area contributed by atoms with Crippen LogP contribution in [0, 0.1) is 0 Å². The molecule has 0 radical (unpaired) electrons. The number of alkyl halides is 2. The monoisotopic (exact) mass is 230 g/mol. The van der Waals surface area contributed by atoms with Crippen molar-refractivity contribution in [3.63, 3.8) is 0 Å². The molecule has 1 fully saturated rings. The van der Waals surface area contributed by atoms with Crippen molar-refractivity contribution in [3.8, 4) is 0 Å². The molecule has 15 heavy (non-hydrogen) atoms. The highest BCUT2D eigenvalue weighted by Crippen LogP contribution is 2.40. The molecule has 1 N–H and O–H groups in total. The van der Waals surface area contributed by atoms with Crippen molar-refractivity contribution in [3.05, 3.63) is 21.9 Å². The number of rotatable bonds is 0. The predicted molar refractivity (Wildman–Crippen MR) is 55.3 cm³/mol. The Balaban J connectivity index is 1.99. The minimum absolute atomic E-state index is 0.127. The maximum absolute atomic E-state index is 13.6. The van der Waals surface area contributed by atoms with Crippen LogP contribution in [0.25, 0.3) is 0 Å². The Hall–Kier alpha value is -0.520. The minimum atomic E-state index is -2.69. The van der Waals surface area contributed by atoms with Crippen molar-refractivity contribution < 1.29 is 8.78 Å². The van der Waals surface area contributed by atoms with Gasteiger partial charge >= 0.3 is 6.05 Å². The molecule has 1 unspecified atom stereocenters. The number of fused-ring (bicyclic) bond motifs is 3. The summed E-state index contributed by atoms with van der Waals surface area (Å²) < 4.78 is 27.2. The number of hydrogen-bond donors (Lipinski definition) is 1.